The van der Waals surface area contributed by atoms with Gasteiger partial charge in [0.1, 0.15) is 5.75 Å². The van der Waals surface area contributed by atoms with E-state index in [9.17, 15) is 4.79 Å². The third-order valence-electron chi connectivity index (χ3n) is 4.09. The summed E-state index contributed by atoms with van der Waals surface area (Å²) in [7, 11) is 0. The molecule has 0 N–H and O–H groups in total. The molecule has 1 heterocycles. The second-order valence-electron chi connectivity index (χ2n) is 6.92. The summed E-state index contributed by atoms with van der Waals surface area (Å²) in [5, 5.41) is 4.02. The molecule has 6 heteroatoms. The van der Waals surface area contributed by atoms with Crippen LogP contribution in [-0.2, 0) is 11.2 Å². The second kappa shape index (κ2) is 9.36. The van der Waals surface area contributed by atoms with Crippen molar-refractivity contribution in [3.8, 4) is 17.1 Å². The van der Waals surface area contributed by atoms with Crippen LogP contribution < -0.4 is 4.74 Å². The van der Waals surface area contributed by atoms with Gasteiger partial charge in [0.25, 0.3) is 5.91 Å². The van der Waals surface area contributed by atoms with Gasteiger partial charge in [-0.1, -0.05) is 18.5 Å². The maximum absolute atomic E-state index is 12.3. The highest BCUT2D eigenvalue weighted by Gasteiger charge is 2.20. The third kappa shape index (κ3) is 5.31. The smallest absolute Gasteiger partial charge is 0.260 e. The molecule has 0 aliphatic rings. The average molecular weight is 359 g/mol. The molecule has 0 aliphatic heterocycles. The molecule has 0 radical (unpaired) electrons. The molecule has 142 valence electrons. The quantitative estimate of drug-likeness (QED) is 0.674. The summed E-state index contributed by atoms with van der Waals surface area (Å²) in [6, 6.07) is 7.68. The van der Waals surface area contributed by atoms with E-state index < -0.39 is 0 Å². The predicted octanol–water partition coefficient (Wildman–Crippen LogP) is 4.10. The molecule has 1 aromatic heterocycles. The maximum Gasteiger partial charge on any atom is 0.260 e. The molecule has 0 saturated carbocycles. The van der Waals surface area contributed by atoms with Crippen LogP contribution in [0.25, 0.3) is 11.4 Å². The van der Waals surface area contributed by atoms with Gasteiger partial charge in [-0.15, -0.1) is 0 Å². The monoisotopic (exact) mass is 359 g/mol. The Bertz CT molecular complexity index is 685. The third-order valence-corrected chi connectivity index (χ3v) is 4.09. The van der Waals surface area contributed by atoms with Gasteiger partial charge in [-0.05, 0) is 58.4 Å². The summed E-state index contributed by atoms with van der Waals surface area (Å²) in [6.07, 6.45) is 2.93. The molecule has 0 atom stereocenters. The molecular formula is C20H29N3O3. The Labute approximate surface area is 155 Å². The van der Waals surface area contributed by atoms with E-state index in [-0.39, 0.29) is 24.6 Å². The van der Waals surface area contributed by atoms with Gasteiger partial charge in [0.05, 0.1) is 0 Å². The topological polar surface area (TPSA) is 68.5 Å². The molecule has 0 spiro atoms. The molecule has 2 aromatic rings. The fraction of sp³-hybridized carbons (Fsp3) is 0.550. The lowest BCUT2D eigenvalue weighted by molar-refractivity contribution is -0.136. The van der Waals surface area contributed by atoms with Crippen molar-refractivity contribution < 1.29 is 14.1 Å². The lowest BCUT2D eigenvalue weighted by atomic mass is 10.2. The normalized spacial score (nSPS) is 11.2. The summed E-state index contributed by atoms with van der Waals surface area (Å²) >= 11 is 0. The van der Waals surface area contributed by atoms with Crippen LogP contribution in [0, 0.1) is 0 Å². The highest BCUT2D eigenvalue weighted by atomic mass is 16.5. The first-order chi connectivity index (χ1) is 12.4. The van der Waals surface area contributed by atoms with E-state index >= 15 is 0 Å². The number of rotatable bonds is 9. The first kappa shape index (κ1) is 19.9. The molecule has 0 aliphatic carbocycles. The number of benzene rings is 1. The van der Waals surface area contributed by atoms with Crippen molar-refractivity contribution in [3.05, 3.63) is 30.2 Å². The zero-order valence-electron chi connectivity index (χ0n) is 16.4. The lowest BCUT2D eigenvalue weighted by Crippen LogP contribution is -2.44. The SMILES string of the molecule is CCCCc1nc(-c2ccc(OCC(=O)N(C(C)C)C(C)C)cc2)no1. The van der Waals surface area contributed by atoms with Gasteiger partial charge in [0, 0.05) is 24.1 Å². The Morgan fingerprint density at radius 1 is 1.15 bits per heavy atom. The summed E-state index contributed by atoms with van der Waals surface area (Å²) < 4.78 is 10.9. The number of carbonyl (C=O) groups is 1. The number of amides is 1. The first-order valence-corrected chi connectivity index (χ1v) is 9.29. The van der Waals surface area contributed by atoms with E-state index in [1.54, 1.807) is 0 Å². The van der Waals surface area contributed by atoms with E-state index in [1.807, 2.05) is 56.9 Å². The number of aromatic nitrogens is 2. The molecule has 0 fully saturated rings. The van der Waals surface area contributed by atoms with Gasteiger partial charge in [0.2, 0.25) is 11.7 Å². The van der Waals surface area contributed by atoms with Gasteiger partial charge in [-0.3, -0.25) is 4.79 Å². The second-order valence-corrected chi connectivity index (χ2v) is 6.92. The van der Waals surface area contributed by atoms with Gasteiger partial charge < -0.3 is 14.2 Å². The number of ether oxygens (including phenoxy) is 1. The van der Waals surface area contributed by atoms with Gasteiger partial charge in [-0.2, -0.15) is 4.98 Å². The summed E-state index contributed by atoms with van der Waals surface area (Å²) in [5.74, 6) is 1.86. The fourth-order valence-electron chi connectivity index (χ4n) is 2.89. The lowest BCUT2D eigenvalue weighted by Gasteiger charge is -2.30. The van der Waals surface area contributed by atoms with E-state index in [0.29, 0.717) is 17.5 Å². The van der Waals surface area contributed by atoms with E-state index in [0.717, 1.165) is 24.8 Å². The van der Waals surface area contributed by atoms with E-state index in [2.05, 4.69) is 17.1 Å². The summed E-state index contributed by atoms with van der Waals surface area (Å²) in [4.78, 5) is 18.6. The Morgan fingerprint density at radius 2 is 1.81 bits per heavy atom. The minimum atomic E-state index is -0.0159. The van der Waals surface area contributed by atoms with E-state index in [1.165, 1.54) is 0 Å². The van der Waals surface area contributed by atoms with Crippen LogP contribution in [0.5, 0.6) is 5.75 Å². The van der Waals surface area contributed by atoms with Gasteiger partial charge in [-0.25, -0.2) is 0 Å². The Balaban J connectivity index is 1.95. The van der Waals surface area contributed by atoms with Crippen LogP contribution in [0.2, 0.25) is 0 Å². The largest absolute Gasteiger partial charge is 0.484 e. The highest BCUT2D eigenvalue weighted by molar-refractivity contribution is 5.78. The van der Waals surface area contributed by atoms with Crippen LogP contribution in [0.3, 0.4) is 0 Å². The maximum atomic E-state index is 12.3. The van der Waals surface area contributed by atoms with Crippen LogP contribution in [-0.4, -0.2) is 39.6 Å². The Kier molecular flexibility index (Phi) is 7.18. The van der Waals surface area contributed by atoms with Crippen molar-refractivity contribution in [2.75, 3.05) is 6.61 Å². The zero-order valence-corrected chi connectivity index (χ0v) is 16.4. The van der Waals surface area contributed by atoms with Crippen LogP contribution >= 0.6 is 0 Å². The summed E-state index contributed by atoms with van der Waals surface area (Å²) in [5.41, 5.74) is 0.862. The number of hydrogen-bond acceptors (Lipinski definition) is 5. The molecule has 1 amide bonds. The van der Waals surface area contributed by atoms with Crippen molar-refractivity contribution in [1.82, 2.24) is 15.0 Å². The number of aryl methyl sites for hydroxylation is 1. The molecule has 0 unspecified atom stereocenters. The Hall–Kier alpha value is -2.37. The van der Waals surface area contributed by atoms with Crippen LogP contribution in [0.4, 0.5) is 0 Å². The van der Waals surface area contributed by atoms with Crippen molar-refractivity contribution >= 4 is 5.91 Å². The predicted molar refractivity (Wildman–Crippen MR) is 101 cm³/mol. The minimum absolute atomic E-state index is 0.0159. The fourth-order valence-corrected chi connectivity index (χ4v) is 2.89. The van der Waals surface area contributed by atoms with Gasteiger partial charge in [0.15, 0.2) is 6.61 Å². The number of nitrogens with zero attached hydrogens (tertiary/aromatic N) is 3. The summed E-state index contributed by atoms with van der Waals surface area (Å²) in [6.45, 7) is 10.2. The zero-order chi connectivity index (χ0) is 19.1. The molecule has 0 bridgehead atoms. The minimum Gasteiger partial charge on any atom is -0.484 e. The van der Waals surface area contributed by atoms with Crippen LogP contribution in [0.15, 0.2) is 28.8 Å². The molecule has 2 rings (SSSR count). The van der Waals surface area contributed by atoms with Gasteiger partial charge >= 0.3 is 0 Å². The molecule has 26 heavy (non-hydrogen) atoms. The number of carbonyl (C=O) groups excluding carboxylic acids is 1. The molecule has 1 aromatic carbocycles. The highest BCUT2D eigenvalue weighted by Crippen LogP contribution is 2.20. The first-order valence-electron chi connectivity index (χ1n) is 9.29. The van der Waals surface area contributed by atoms with Crippen molar-refractivity contribution in [3.63, 3.8) is 0 Å². The standard InChI is InChI=1S/C20H29N3O3/c1-6-7-8-18-21-20(22-26-18)16-9-11-17(12-10-16)25-13-19(24)23(14(2)3)15(4)5/h9-12,14-15H,6-8,13H2,1-5H3. The van der Waals surface area contributed by atoms with E-state index in [4.69, 9.17) is 9.26 Å². The van der Waals surface area contributed by atoms with Crippen molar-refractivity contribution in [1.29, 1.82) is 0 Å². The average Bonchev–Trinajstić information content (AvgIpc) is 3.07. The molecule has 0 saturated heterocycles. The Morgan fingerprint density at radius 3 is 2.38 bits per heavy atom. The molecular weight excluding hydrogens is 330 g/mol. The van der Waals surface area contributed by atoms with Crippen molar-refractivity contribution in [2.24, 2.45) is 0 Å². The van der Waals surface area contributed by atoms with Crippen LogP contribution in [0.1, 0.15) is 53.4 Å². The van der Waals surface area contributed by atoms with Crippen molar-refractivity contribution in [2.45, 2.75) is 66.0 Å². The number of unbranched alkanes of at least 4 members (excludes halogenated alkanes) is 1. The molecule has 6 nitrogen and oxygen atoms in total. The number of hydrogen-bond donors (Lipinski definition) is 0.